The molecule has 146 valence electrons. The summed E-state index contributed by atoms with van der Waals surface area (Å²) >= 11 is 0. The first kappa shape index (κ1) is 20.7. The molecule has 2 N–H and O–H groups in total. The molecule has 1 aliphatic heterocycles. The van der Waals surface area contributed by atoms with Gasteiger partial charge in [0, 0.05) is 6.42 Å². The van der Waals surface area contributed by atoms with Crippen molar-refractivity contribution in [2.45, 2.75) is 38.0 Å². The van der Waals surface area contributed by atoms with Gasteiger partial charge < -0.3 is 9.57 Å². The van der Waals surface area contributed by atoms with Crippen molar-refractivity contribution in [2.24, 2.45) is 5.16 Å². The van der Waals surface area contributed by atoms with E-state index in [9.17, 15) is 13.2 Å². The summed E-state index contributed by atoms with van der Waals surface area (Å²) < 4.78 is 28.6. The Bertz CT molecular complexity index is 879. The van der Waals surface area contributed by atoms with Gasteiger partial charge >= 0.3 is 0 Å². The van der Waals surface area contributed by atoms with Gasteiger partial charge in [0.2, 0.25) is 0 Å². The second kappa shape index (κ2) is 8.41. The van der Waals surface area contributed by atoms with Gasteiger partial charge in [0.15, 0.2) is 9.84 Å². The van der Waals surface area contributed by atoms with Crippen molar-refractivity contribution in [3.63, 3.8) is 0 Å². The maximum absolute atomic E-state index is 12.5. The third-order valence-corrected chi connectivity index (χ3v) is 6.79. The van der Waals surface area contributed by atoms with Gasteiger partial charge in [-0.15, -0.1) is 5.92 Å². The summed E-state index contributed by atoms with van der Waals surface area (Å²) in [7, 11) is -3.88. The Morgan fingerprint density at radius 2 is 2.07 bits per heavy atom. The molecular weight excluding hydrogens is 372 g/mol. The number of carbonyl (C=O) groups is 1. The summed E-state index contributed by atoms with van der Waals surface area (Å²) in [4.78, 5) is 16.9. The van der Waals surface area contributed by atoms with E-state index < -0.39 is 32.3 Å². The molecule has 8 nitrogen and oxygen atoms in total. The van der Waals surface area contributed by atoms with Crippen molar-refractivity contribution in [3.05, 3.63) is 29.8 Å². The standard InChI is InChI=1S/C18H22N2O6S/c1-4-5-10-25-14-8-6-13(7-9-14)16-11-15(26-20-16)12-27(23,24)18(2,3)17(21)19-22/h6-9,15,22H,10-12H2,1-3H3,(H,19,21). The van der Waals surface area contributed by atoms with Gasteiger partial charge in [-0.25, -0.2) is 13.9 Å². The summed E-state index contributed by atoms with van der Waals surface area (Å²) in [5, 5.41) is 12.7. The molecule has 1 heterocycles. The molecule has 0 saturated heterocycles. The molecule has 1 unspecified atom stereocenters. The molecule has 0 bridgehead atoms. The molecule has 1 amide bonds. The minimum atomic E-state index is -3.88. The number of ether oxygens (including phenoxy) is 1. The number of oxime groups is 1. The average molecular weight is 394 g/mol. The van der Waals surface area contributed by atoms with Gasteiger partial charge in [0.1, 0.15) is 23.2 Å². The molecule has 1 aliphatic rings. The van der Waals surface area contributed by atoms with Crippen LogP contribution in [0.2, 0.25) is 0 Å². The fraction of sp³-hybridized carbons (Fsp3) is 0.444. The van der Waals surface area contributed by atoms with Gasteiger partial charge in [-0.05, 0) is 50.6 Å². The van der Waals surface area contributed by atoms with Crippen molar-refractivity contribution in [1.82, 2.24) is 5.48 Å². The largest absolute Gasteiger partial charge is 0.481 e. The first-order valence-corrected chi connectivity index (χ1v) is 9.89. The molecule has 1 atom stereocenters. The zero-order valence-corrected chi connectivity index (χ0v) is 16.2. The first-order valence-electron chi connectivity index (χ1n) is 8.23. The van der Waals surface area contributed by atoms with E-state index in [0.29, 0.717) is 18.1 Å². The van der Waals surface area contributed by atoms with Crippen LogP contribution in [-0.2, 0) is 19.5 Å². The van der Waals surface area contributed by atoms with Crippen molar-refractivity contribution in [2.75, 3.05) is 12.4 Å². The molecule has 0 saturated carbocycles. The predicted octanol–water partition coefficient (Wildman–Crippen LogP) is 1.28. The molecule has 2 rings (SSSR count). The Balaban J connectivity index is 2.00. The Kier molecular flexibility index (Phi) is 6.46. The van der Waals surface area contributed by atoms with Crippen molar-refractivity contribution >= 4 is 21.5 Å². The number of nitrogens with zero attached hydrogens (tertiary/aromatic N) is 1. The van der Waals surface area contributed by atoms with Crippen LogP contribution >= 0.6 is 0 Å². The zero-order chi connectivity index (χ0) is 20.1. The lowest BCUT2D eigenvalue weighted by Crippen LogP contribution is -2.49. The molecule has 9 heteroatoms. The van der Waals surface area contributed by atoms with Gasteiger partial charge in [-0.1, -0.05) is 11.1 Å². The lowest BCUT2D eigenvalue weighted by molar-refractivity contribution is -0.131. The Morgan fingerprint density at radius 3 is 2.67 bits per heavy atom. The molecule has 27 heavy (non-hydrogen) atoms. The molecule has 1 aromatic carbocycles. The highest BCUT2D eigenvalue weighted by molar-refractivity contribution is 7.93. The third-order valence-electron chi connectivity index (χ3n) is 4.24. The molecule has 0 aromatic heterocycles. The van der Waals surface area contributed by atoms with E-state index >= 15 is 0 Å². The molecule has 0 spiro atoms. The number of carbonyl (C=O) groups excluding carboxylic acids is 1. The number of sulfone groups is 1. The lowest BCUT2D eigenvalue weighted by atomic mass is 10.1. The minimum Gasteiger partial charge on any atom is -0.481 e. The maximum Gasteiger partial charge on any atom is 0.264 e. The van der Waals surface area contributed by atoms with Gasteiger partial charge in [-0.3, -0.25) is 10.0 Å². The SMILES string of the molecule is CC#CCOc1ccc(C2=NOC(CS(=O)(=O)C(C)(C)C(=O)NO)C2)cc1. The lowest BCUT2D eigenvalue weighted by Gasteiger charge is -2.23. The van der Waals surface area contributed by atoms with Crippen LogP contribution in [-0.4, -0.2) is 48.5 Å². The second-order valence-corrected chi connectivity index (χ2v) is 9.03. The van der Waals surface area contributed by atoms with Crippen LogP contribution in [0, 0.1) is 11.8 Å². The summed E-state index contributed by atoms with van der Waals surface area (Å²) in [5.41, 5.74) is 2.79. The van der Waals surface area contributed by atoms with E-state index in [-0.39, 0.29) is 6.42 Å². The summed E-state index contributed by atoms with van der Waals surface area (Å²) in [6.45, 7) is 4.49. The molecule has 1 aromatic rings. The monoisotopic (exact) mass is 394 g/mol. The normalized spacial score (nSPS) is 16.6. The Morgan fingerprint density at radius 1 is 1.41 bits per heavy atom. The molecule has 0 radical (unpaired) electrons. The smallest absolute Gasteiger partial charge is 0.264 e. The summed E-state index contributed by atoms with van der Waals surface area (Å²) in [6.07, 6.45) is -0.413. The number of amides is 1. The Hall–Kier alpha value is -2.57. The number of hydrogen-bond donors (Lipinski definition) is 2. The number of rotatable bonds is 7. The van der Waals surface area contributed by atoms with Crippen LogP contribution in [0.3, 0.4) is 0 Å². The second-order valence-electron chi connectivity index (χ2n) is 6.44. The molecule has 0 fully saturated rings. The highest BCUT2D eigenvalue weighted by Crippen LogP contribution is 2.24. The van der Waals surface area contributed by atoms with Crippen molar-refractivity contribution in [3.8, 4) is 17.6 Å². The fourth-order valence-corrected chi connectivity index (χ4v) is 3.77. The minimum absolute atomic E-state index is 0.289. The maximum atomic E-state index is 12.5. The van der Waals surface area contributed by atoms with E-state index in [1.54, 1.807) is 31.2 Å². The highest BCUT2D eigenvalue weighted by atomic mass is 32.2. The van der Waals surface area contributed by atoms with E-state index in [1.165, 1.54) is 19.3 Å². The summed E-state index contributed by atoms with van der Waals surface area (Å²) in [5.74, 6) is 4.82. The Labute approximate surface area is 158 Å². The van der Waals surface area contributed by atoms with Crippen LogP contribution in [0.5, 0.6) is 5.75 Å². The van der Waals surface area contributed by atoms with E-state index in [2.05, 4.69) is 17.0 Å². The number of benzene rings is 1. The van der Waals surface area contributed by atoms with Gasteiger partial charge in [0.25, 0.3) is 5.91 Å². The average Bonchev–Trinajstić information content (AvgIpc) is 3.09. The quantitative estimate of drug-likeness (QED) is 0.409. The van der Waals surface area contributed by atoms with Crippen LogP contribution in [0.25, 0.3) is 0 Å². The van der Waals surface area contributed by atoms with Crippen LogP contribution in [0.4, 0.5) is 0 Å². The molecule has 0 aliphatic carbocycles. The first-order chi connectivity index (χ1) is 12.7. The van der Waals surface area contributed by atoms with E-state index in [4.69, 9.17) is 14.8 Å². The van der Waals surface area contributed by atoms with Crippen molar-refractivity contribution < 1.29 is 28.0 Å². The predicted molar refractivity (Wildman–Crippen MR) is 99.2 cm³/mol. The third kappa shape index (κ3) is 4.78. The summed E-state index contributed by atoms with van der Waals surface area (Å²) in [6, 6.07) is 7.15. The van der Waals surface area contributed by atoms with Crippen LogP contribution in [0.15, 0.2) is 29.4 Å². The molecular formula is C18H22N2O6S. The zero-order valence-electron chi connectivity index (χ0n) is 15.4. The number of nitrogens with one attached hydrogen (secondary N) is 1. The topological polar surface area (TPSA) is 114 Å². The van der Waals surface area contributed by atoms with Gasteiger partial charge in [-0.2, -0.15) is 0 Å². The fourth-order valence-electron chi connectivity index (χ4n) is 2.35. The highest BCUT2D eigenvalue weighted by Gasteiger charge is 2.44. The number of hydroxylamine groups is 1. The van der Waals surface area contributed by atoms with E-state index in [0.717, 1.165) is 5.56 Å². The van der Waals surface area contributed by atoms with E-state index in [1.807, 2.05) is 0 Å². The van der Waals surface area contributed by atoms with Crippen LogP contribution < -0.4 is 10.2 Å². The van der Waals surface area contributed by atoms with Crippen LogP contribution in [0.1, 0.15) is 32.8 Å². The van der Waals surface area contributed by atoms with Gasteiger partial charge in [0.05, 0.1) is 11.5 Å². The number of hydrogen-bond acceptors (Lipinski definition) is 7. The van der Waals surface area contributed by atoms with Crippen molar-refractivity contribution in [1.29, 1.82) is 0 Å².